The lowest BCUT2D eigenvalue weighted by molar-refractivity contribution is 0.722. The molecule has 0 bridgehead atoms. The van der Waals surface area contributed by atoms with Crippen LogP contribution in [0.15, 0.2) is 29.1 Å². The zero-order chi connectivity index (χ0) is 13.7. The normalized spacial score (nSPS) is 10.7. The van der Waals surface area contributed by atoms with E-state index < -0.39 is 0 Å². The van der Waals surface area contributed by atoms with Gasteiger partial charge in [0.2, 0.25) is 0 Å². The molecule has 102 valence electrons. The predicted molar refractivity (Wildman–Crippen MR) is 83.1 cm³/mol. The number of aromatic nitrogens is 1. The van der Waals surface area contributed by atoms with E-state index >= 15 is 0 Å². The Hall–Kier alpha value is -1.10. The molecular weight excluding hydrogens is 278 g/mol. The summed E-state index contributed by atoms with van der Waals surface area (Å²) < 4.78 is 0. The van der Waals surface area contributed by atoms with Gasteiger partial charge in [-0.05, 0) is 24.2 Å². The third-order valence-electron chi connectivity index (χ3n) is 2.91. The summed E-state index contributed by atoms with van der Waals surface area (Å²) in [6, 6.07) is 6.03. The van der Waals surface area contributed by atoms with Crippen molar-refractivity contribution in [2.75, 3.05) is 18.5 Å². The molecule has 0 aliphatic rings. The second-order valence-corrected chi connectivity index (χ2v) is 5.54. The van der Waals surface area contributed by atoms with E-state index in [-0.39, 0.29) is 0 Å². The maximum atomic E-state index is 6.12. The number of hydrogen-bond donors (Lipinski definition) is 1. The fraction of sp³-hybridized carbons (Fsp3) is 0.357. The highest BCUT2D eigenvalue weighted by molar-refractivity contribution is 7.07. The smallest absolute Gasteiger partial charge is 0.0795 e. The Morgan fingerprint density at radius 1 is 1.42 bits per heavy atom. The van der Waals surface area contributed by atoms with Crippen LogP contribution in [0.3, 0.4) is 0 Å². The number of thiazole rings is 1. The fourth-order valence-corrected chi connectivity index (χ4v) is 2.66. The SMILES string of the molecule is CCNCc1ccc(Cl)cc1N(C)Cc1cscn1. The molecule has 1 aromatic heterocycles. The molecule has 5 heteroatoms. The number of nitrogens with one attached hydrogen (secondary N) is 1. The Morgan fingerprint density at radius 3 is 2.95 bits per heavy atom. The van der Waals surface area contributed by atoms with Gasteiger partial charge in [-0.25, -0.2) is 4.98 Å². The highest BCUT2D eigenvalue weighted by Gasteiger charge is 2.09. The van der Waals surface area contributed by atoms with Crippen molar-refractivity contribution in [3.05, 3.63) is 45.4 Å². The Labute approximate surface area is 123 Å². The first kappa shape index (κ1) is 14.3. The molecule has 0 saturated carbocycles. The van der Waals surface area contributed by atoms with Crippen LogP contribution in [0.1, 0.15) is 18.2 Å². The van der Waals surface area contributed by atoms with Crippen molar-refractivity contribution in [1.82, 2.24) is 10.3 Å². The molecule has 0 aliphatic heterocycles. The summed E-state index contributed by atoms with van der Waals surface area (Å²) in [6.07, 6.45) is 0. The minimum absolute atomic E-state index is 0.764. The van der Waals surface area contributed by atoms with Crippen LogP contribution in [-0.4, -0.2) is 18.6 Å². The molecule has 2 rings (SSSR count). The van der Waals surface area contributed by atoms with E-state index in [0.29, 0.717) is 0 Å². The molecule has 0 amide bonds. The van der Waals surface area contributed by atoms with E-state index in [1.807, 2.05) is 17.6 Å². The summed E-state index contributed by atoms with van der Waals surface area (Å²) in [5.74, 6) is 0. The summed E-state index contributed by atoms with van der Waals surface area (Å²) in [6.45, 7) is 4.71. The summed E-state index contributed by atoms with van der Waals surface area (Å²) >= 11 is 7.74. The van der Waals surface area contributed by atoms with Gasteiger partial charge in [0.15, 0.2) is 0 Å². The first-order valence-electron chi connectivity index (χ1n) is 6.28. The molecule has 3 nitrogen and oxygen atoms in total. The standard InChI is InChI=1S/C14H18ClN3S/c1-3-16-7-11-4-5-12(15)6-14(11)18(2)8-13-9-19-10-17-13/h4-6,9-10,16H,3,7-8H2,1-2H3. The molecule has 2 aromatic rings. The van der Waals surface area contributed by atoms with Crippen LogP contribution in [0.5, 0.6) is 0 Å². The van der Waals surface area contributed by atoms with Gasteiger partial charge in [-0.2, -0.15) is 0 Å². The van der Waals surface area contributed by atoms with Crippen LogP contribution in [0.2, 0.25) is 5.02 Å². The van der Waals surface area contributed by atoms with E-state index in [9.17, 15) is 0 Å². The number of nitrogens with zero attached hydrogens (tertiary/aromatic N) is 2. The molecule has 0 atom stereocenters. The van der Waals surface area contributed by atoms with Gasteiger partial charge in [0.1, 0.15) is 0 Å². The second-order valence-electron chi connectivity index (χ2n) is 4.39. The highest BCUT2D eigenvalue weighted by atomic mass is 35.5. The monoisotopic (exact) mass is 295 g/mol. The second kappa shape index (κ2) is 6.89. The first-order valence-corrected chi connectivity index (χ1v) is 7.60. The molecule has 1 N–H and O–H groups in total. The molecule has 0 unspecified atom stereocenters. The average molecular weight is 296 g/mol. The molecule has 0 fully saturated rings. The lowest BCUT2D eigenvalue weighted by Crippen LogP contribution is -2.20. The van der Waals surface area contributed by atoms with Gasteiger partial charge < -0.3 is 10.2 Å². The van der Waals surface area contributed by atoms with Crippen molar-refractivity contribution >= 4 is 28.6 Å². The van der Waals surface area contributed by atoms with E-state index in [4.69, 9.17) is 11.6 Å². The minimum Gasteiger partial charge on any atom is -0.368 e. The summed E-state index contributed by atoms with van der Waals surface area (Å²) in [4.78, 5) is 6.51. The van der Waals surface area contributed by atoms with Gasteiger partial charge in [-0.1, -0.05) is 24.6 Å². The fourth-order valence-electron chi connectivity index (χ4n) is 1.95. The van der Waals surface area contributed by atoms with Crippen molar-refractivity contribution in [2.45, 2.75) is 20.0 Å². The molecule has 1 heterocycles. The molecular formula is C14H18ClN3S. The maximum absolute atomic E-state index is 6.12. The average Bonchev–Trinajstić information content (AvgIpc) is 2.90. The van der Waals surface area contributed by atoms with Gasteiger partial charge in [0.05, 0.1) is 17.7 Å². The van der Waals surface area contributed by atoms with Crippen molar-refractivity contribution in [2.24, 2.45) is 0 Å². The van der Waals surface area contributed by atoms with Gasteiger partial charge >= 0.3 is 0 Å². The first-order chi connectivity index (χ1) is 9.20. The molecule has 0 radical (unpaired) electrons. The van der Waals surface area contributed by atoms with E-state index in [1.165, 1.54) is 5.56 Å². The Bertz CT molecular complexity index is 513. The summed E-state index contributed by atoms with van der Waals surface area (Å²) in [5.41, 5.74) is 5.35. The molecule has 0 aliphatic carbocycles. The van der Waals surface area contributed by atoms with E-state index in [2.05, 4.69) is 40.6 Å². The van der Waals surface area contributed by atoms with E-state index in [1.54, 1.807) is 11.3 Å². The largest absolute Gasteiger partial charge is 0.368 e. The predicted octanol–water partition coefficient (Wildman–Crippen LogP) is 3.54. The Kier molecular flexibility index (Phi) is 5.19. The topological polar surface area (TPSA) is 28.2 Å². The molecule has 0 saturated heterocycles. The van der Waals surface area contributed by atoms with Gasteiger partial charge in [0, 0.05) is 29.7 Å². The zero-order valence-electron chi connectivity index (χ0n) is 11.2. The van der Waals surface area contributed by atoms with Crippen molar-refractivity contribution in [3.8, 4) is 0 Å². The lowest BCUT2D eigenvalue weighted by atomic mass is 10.1. The van der Waals surface area contributed by atoms with Gasteiger partial charge in [-0.15, -0.1) is 11.3 Å². The highest BCUT2D eigenvalue weighted by Crippen LogP contribution is 2.25. The number of benzene rings is 1. The van der Waals surface area contributed by atoms with Crippen molar-refractivity contribution in [1.29, 1.82) is 0 Å². The summed E-state index contributed by atoms with van der Waals surface area (Å²) in [5, 5.41) is 6.19. The van der Waals surface area contributed by atoms with Gasteiger partial charge in [0.25, 0.3) is 0 Å². The number of halogens is 1. The zero-order valence-corrected chi connectivity index (χ0v) is 12.8. The van der Waals surface area contributed by atoms with Crippen LogP contribution in [-0.2, 0) is 13.1 Å². The Morgan fingerprint density at radius 2 is 2.26 bits per heavy atom. The van der Waals surface area contributed by atoms with Crippen LogP contribution in [0.25, 0.3) is 0 Å². The number of anilines is 1. The van der Waals surface area contributed by atoms with Crippen LogP contribution >= 0.6 is 22.9 Å². The molecule has 0 spiro atoms. The van der Waals surface area contributed by atoms with Crippen LogP contribution in [0, 0.1) is 0 Å². The number of rotatable bonds is 6. The third kappa shape index (κ3) is 3.93. The molecule has 1 aromatic carbocycles. The lowest BCUT2D eigenvalue weighted by Gasteiger charge is -2.22. The maximum Gasteiger partial charge on any atom is 0.0795 e. The minimum atomic E-state index is 0.764. The van der Waals surface area contributed by atoms with E-state index in [0.717, 1.165) is 36.0 Å². The third-order valence-corrected chi connectivity index (χ3v) is 3.78. The Balaban J connectivity index is 2.18. The van der Waals surface area contributed by atoms with Crippen LogP contribution in [0.4, 0.5) is 5.69 Å². The summed E-state index contributed by atoms with van der Waals surface area (Å²) in [7, 11) is 2.07. The van der Waals surface area contributed by atoms with Crippen LogP contribution < -0.4 is 10.2 Å². The molecule has 19 heavy (non-hydrogen) atoms. The number of hydrogen-bond acceptors (Lipinski definition) is 4. The van der Waals surface area contributed by atoms with Gasteiger partial charge in [-0.3, -0.25) is 0 Å². The van der Waals surface area contributed by atoms with Crippen molar-refractivity contribution in [3.63, 3.8) is 0 Å². The quantitative estimate of drug-likeness (QED) is 0.883. The van der Waals surface area contributed by atoms with Crippen molar-refractivity contribution < 1.29 is 0 Å².